The summed E-state index contributed by atoms with van der Waals surface area (Å²) in [5.41, 5.74) is 3.52. The van der Waals surface area contributed by atoms with Crippen LogP contribution in [0.15, 0.2) is 54.8 Å². The summed E-state index contributed by atoms with van der Waals surface area (Å²) in [5.74, 6) is 1.46. The lowest BCUT2D eigenvalue weighted by molar-refractivity contribution is 0.0977. The summed E-state index contributed by atoms with van der Waals surface area (Å²) in [6.45, 7) is 8.08. The van der Waals surface area contributed by atoms with E-state index >= 15 is 0 Å². The molecule has 0 saturated carbocycles. The summed E-state index contributed by atoms with van der Waals surface area (Å²) >= 11 is 0. The molecular weight excluding hydrogens is 388 g/mol. The highest BCUT2D eigenvalue weighted by molar-refractivity contribution is 5.96. The molecule has 31 heavy (non-hydrogen) atoms. The van der Waals surface area contributed by atoms with E-state index in [0.29, 0.717) is 30.1 Å². The minimum Gasteiger partial charge on any atom is -0.485 e. The summed E-state index contributed by atoms with van der Waals surface area (Å²) in [6.07, 6.45) is 7.02. The molecule has 2 aromatic carbocycles. The largest absolute Gasteiger partial charge is 0.485 e. The van der Waals surface area contributed by atoms with Gasteiger partial charge in [0.1, 0.15) is 6.61 Å². The van der Waals surface area contributed by atoms with Crippen LogP contribution in [-0.4, -0.2) is 50.0 Å². The highest BCUT2D eigenvalue weighted by Crippen LogP contribution is 2.30. The van der Waals surface area contributed by atoms with Gasteiger partial charge in [0, 0.05) is 43.9 Å². The van der Waals surface area contributed by atoms with E-state index < -0.39 is 0 Å². The van der Waals surface area contributed by atoms with Gasteiger partial charge in [0.25, 0.3) is 0 Å². The van der Waals surface area contributed by atoms with Crippen LogP contribution in [0.4, 0.5) is 5.69 Å². The maximum absolute atomic E-state index is 12.6. The number of hydrogen-bond donors (Lipinski definition) is 0. The fraction of sp³-hybridized carbons (Fsp3) is 0.423. The van der Waals surface area contributed by atoms with Crippen LogP contribution in [0.5, 0.6) is 11.5 Å². The maximum Gasteiger partial charge on any atom is 0.169 e. The fourth-order valence-corrected chi connectivity index (χ4v) is 4.29. The Labute approximate surface area is 185 Å². The molecule has 0 aromatic heterocycles. The number of ketones is 1. The number of nitrogens with zero attached hydrogens (tertiary/aromatic N) is 2. The highest BCUT2D eigenvalue weighted by atomic mass is 16.5. The summed E-state index contributed by atoms with van der Waals surface area (Å²) < 4.78 is 11.1. The summed E-state index contributed by atoms with van der Waals surface area (Å²) in [7, 11) is 0. The first-order valence-corrected chi connectivity index (χ1v) is 11.4. The summed E-state index contributed by atoms with van der Waals surface area (Å²) in [4.78, 5) is 17.6. The van der Waals surface area contributed by atoms with Gasteiger partial charge < -0.3 is 14.4 Å². The number of Topliss-reactive ketones (excluding diaryl/α,β-unsaturated/α-hetero) is 1. The number of piperazine rings is 1. The monoisotopic (exact) mass is 420 g/mol. The Bertz CT molecular complexity index is 917. The van der Waals surface area contributed by atoms with E-state index in [1.165, 1.54) is 11.3 Å². The molecule has 0 unspecified atom stereocenters. The molecule has 2 aromatic rings. The third-order valence-electron chi connectivity index (χ3n) is 6.11. The van der Waals surface area contributed by atoms with Gasteiger partial charge in [-0.15, -0.1) is 0 Å². The molecule has 5 nitrogen and oxygen atoms in total. The van der Waals surface area contributed by atoms with Gasteiger partial charge in [-0.2, -0.15) is 0 Å². The average molecular weight is 421 g/mol. The molecule has 164 valence electrons. The van der Waals surface area contributed by atoms with Crippen LogP contribution in [-0.2, 0) is 6.42 Å². The molecule has 2 heterocycles. The van der Waals surface area contributed by atoms with Crippen molar-refractivity contribution < 1.29 is 14.3 Å². The predicted molar refractivity (Wildman–Crippen MR) is 124 cm³/mol. The van der Waals surface area contributed by atoms with E-state index in [1.807, 2.05) is 18.2 Å². The number of benzene rings is 2. The lowest BCUT2D eigenvalue weighted by Crippen LogP contribution is -2.46. The zero-order chi connectivity index (χ0) is 21.5. The first kappa shape index (κ1) is 21.4. The van der Waals surface area contributed by atoms with E-state index in [1.54, 1.807) is 12.3 Å². The van der Waals surface area contributed by atoms with Gasteiger partial charge in [-0.1, -0.05) is 25.1 Å². The number of anilines is 1. The molecule has 5 heteroatoms. The third kappa shape index (κ3) is 5.47. The van der Waals surface area contributed by atoms with E-state index in [-0.39, 0.29) is 5.78 Å². The molecule has 4 rings (SSSR count). The molecule has 0 amide bonds. The van der Waals surface area contributed by atoms with Gasteiger partial charge in [-0.05, 0) is 61.7 Å². The molecule has 2 aliphatic rings. The van der Waals surface area contributed by atoms with Crippen molar-refractivity contribution in [2.24, 2.45) is 0 Å². The minimum atomic E-state index is 0.167. The number of fused-ring (bicyclic) bond motifs is 1. The number of rotatable bonds is 8. The number of aryl methyl sites for hydroxylation is 1. The lowest BCUT2D eigenvalue weighted by atomic mass is 10.0. The molecule has 1 fully saturated rings. The standard InChI is InChI=1S/C26H32N2O3/c1-2-21-8-3-4-9-23(21)28-16-14-27(15-17-28)13-6-5-10-24(29)22-11-12-25-26(20-22)31-19-7-18-30-25/h3-4,7-9,11-12,19-20H,2,5-6,10,13-18H2,1H3. The SMILES string of the molecule is CCc1ccccc1N1CCN(CCCCC(=O)c2ccc3c(c2)OC=CCO3)CC1. The minimum absolute atomic E-state index is 0.167. The van der Waals surface area contributed by atoms with Crippen LogP contribution < -0.4 is 14.4 Å². The van der Waals surface area contributed by atoms with Crippen molar-refractivity contribution in [3.05, 3.63) is 65.9 Å². The average Bonchev–Trinajstić information content (AvgIpc) is 3.07. The van der Waals surface area contributed by atoms with E-state index in [9.17, 15) is 4.79 Å². The topological polar surface area (TPSA) is 42.0 Å². The molecule has 0 aliphatic carbocycles. The highest BCUT2D eigenvalue weighted by Gasteiger charge is 2.18. The van der Waals surface area contributed by atoms with Crippen LogP contribution in [0.1, 0.15) is 42.1 Å². The van der Waals surface area contributed by atoms with Gasteiger partial charge in [0.2, 0.25) is 0 Å². The zero-order valence-corrected chi connectivity index (χ0v) is 18.4. The van der Waals surface area contributed by atoms with Crippen LogP contribution in [0.25, 0.3) is 0 Å². The van der Waals surface area contributed by atoms with Crippen molar-refractivity contribution in [2.45, 2.75) is 32.6 Å². The third-order valence-corrected chi connectivity index (χ3v) is 6.11. The molecule has 0 bridgehead atoms. The maximum atomic E-state index is 12.6. The Balaban J connectivity index is 1.19. The quantitative estimate of drug-likeness (QED) is 0.457. The fourth-order valence-electron chi connectivity index (χ4n) is 4.29. The normalized spacial score (nSPS) is 16.2. The summed E-state index contributed by atoms with van der Waals surface area (Å²) in [5, 5.41) is 0. The molecule has 2 aliphatic heterocycles. The summed E-state index contributed by atoms with van der Waals surface area (Å²) in [6, 6.07) is 14.2. The zero-order valence-electron chi connectivity index (χ0n) is 18.4. The number of ether oxygens (including phenoxy) is 2. The van der Waals surface area contributed by atoms with Crippen LogP contribution >= 0.6 is 0 Å². The van der Waals surface area contributed by atoms with Gasteiger partial charge in [-0.25, -0.2) is 0 Å². The number of hydrogen-bond acceptors (Lipinski definition) is 5. The number of unbranched alkanes of at least 4 members (excludes halogenated alkanes) is 1. The van der Waals surface area contributed by atoms with Gasteiger partial charge in [-0.3, -0.25) is 9.69 Å². The Morgan fingerprint density at radius 2 is 1.84 bits per heavy atom. The second-order valence-electron chi connectivity index (χ2n) is 8.15. The van der Waals surface area contributed by atoms with E-state index in [4.69, 9.17) is 9.47 Å². The van der Waals surface area contributed by atoms with Crippen molar-refractivity contribution in [1.82, 2.24) is 4.90 Å². The molecule has 0 radical (unpaired) electrons. The second-order valence-corrected chi connectivity index (χ2v) is 8.15. The Morgan fingerprint density at radius 3 is 2.68 bits per heavy atom. The van der Waals surface area contributed by atoms with E-state index in [2.05, 4.69) is 41.0 Å². The van der Waals surface area contributed by atoms with Crippen molar-refractivity contribution in [3.63, 3.8) is 0 Å². The van der Waals surface area contributed by atoms with Crippen LogP contribution in [0.3, 0.4) is 0 Å². The number of carbonyl (C=O) groups is 1. The van der Waals surface area contributed by atoms with Crippen LogP contribution in [0.2, 0.25) is 0 Å². The van der Waals surface area contributed by atoms with Crippen LogP contribution in [0, 0.1) is 0 Å². The van der Waals surface area contributed by atoms with Crippen molar-refractivity contribution in [2.75, 3.05) is 44.2 Å². The predicted octanol–water partition coefficient (Wildman–Crippen LogP) is 4.71. The smallest absolute Gasteiger partial charge is 0.169 e. The molecule has 0 spiro atoms. The van der Waals surface area contributed by atoms with E-state index in [0.717, 1.165) is 52.0 Å². The second kappa shape index (κ2) is 10.5. The number of para-hydroxylation sites is 1. The first-order valence-electron chi connectivity index (χ1n) is 11.4. The van der Waals surface area contributed by atoms with Crippen molar-refractivity contribution in [1.29, 1.82) is 0 Å². The lowest BCUT2D eigenvalue weighted by Gasteiger charge is -2.37. The van der Waals surface area contributed by atoms with Gasteiger partial charge in [0.15, 0.2) is 17.3 Å². The van der Waals surface area contributed by atoms with Crippen molar-refractivity contribution >= 4 is 11.5 Å². The first-order chi connectivity index (χ1) is 15.2. The molecule has 1 saturated heterocycles. The Morgan fingerprint density at radius 1 is 1.00 bits per heavy atom. The molecular formula is C26H32N2O3. The van der Waals surface area contributed by atoms with Gasteiger partial charge in [0.05, 0.1) is 6.26 Å². The molecule has 0 N–H and O–H groups in total. The molecule has 0 atom stereocenters. The van der Waals surface area contributed by atoms with Crippen molar-refractivity contribution in [3.8, 4) is 11.5 Å². The number of carbonyl (C=O) groups excluding carboxylic acids is 1. The van der Waals surface area contributed by atoms with Gasteiger partial charge >= 0.3 is 0 Å². The Hall–Kier alpha value is -2.79. The Kier molecular flexibility index (Phi) is 7.26.